The van der Waals surface area contributed by atoms with Crippen LogP contribution in [0.1, 0.15) is 24.8 Å². The monoisotopic (exact) mass is 222 g/mol. The third kappa shape index (κ3) is 1.41. The number of phenolic OH excluding ortho intramolecular Hbond substituents is 1. The van der Waals surface area contributed by atoms with Gasteiger partial charge >= 0.3 is 5.97 Å². The molecule has 1 aromatic carbocycles. The molecule has 4 heteroatoms. The summed E-state index contributed by atoms with van der Waals surface area (Å²) in [6, 6.07) is 4.60. The molecule has 1 saturated carbocycles. The fourth-order valence-corrected chi connectivity index (χ4v) is 2.20. The minimum Gasteiger partial charge on any atom is -0.508 e. The minimum absolute atomic E-state index is 0.0838. The van der Waals surface area contributed by atoms with Crippen LogP contribution in [0.2, 0.25) is 0 Å². The molecule has 2 rings (SSSR count). The summed E-state index contributed by atoms with van der Waals surface area (Å²) < 4.78 is 5.13. The predicted molar refractivity (Wildman–Crippen MR) is 57.8 cm³/mol. The highest BCUT2D eigenvalue weighted by Gasteiger charge is 2.47. The van der Waals surface area contributed by atoms with Gasteiger partial charge < -0.3 is 14.9 Å². The Hall–Kier alpha value is -1.71. The van der Waals surface area contributed by atoms with Crippen molar-refractivity contribution < 1.29 is 19.7 Å². The lowest BCUT2D eigenvalue weighted by Gasteiger charge is -2.38. The van der Waals surface area contributed by atoms with E-state index in [0.29, 0.717) is 24.2 Å². The van der Waals surface area contributed by atoms with Crippen LogP contribution in [0.5, 0.6) is 11.5 Å². The van der Waals surface area contributed by atoms with Crippen LogP contribution in [-0.4, -0.2) is 23.3 Å². The van der Waals surface area contributed by atoms with E-state index in [2.05, 4.69) is 0 Å². The zero-order valence-electron chi connectivity index (χ0n) is 9.06. The lowest BCUT2D eigenvalue weighted by atomic mass is 9.64. The van der Waals surface area contributed by atoms with Gasteiger partial charge in [-0.3, -0.25) is 4.79 Å². The smallest absolute Gasteiger partial charge is 0.314 e. The molecule has 0 aliphatic heterocycles. The van der Waals surface area contributed by atoms with Gasteiger partial charge in [-0.25, -0.2) is 0 Å². The van der Waals surface area contributed by atoms with Crippen molar-refractivity contribution >= 4 is 5.97 Å². The van der Waals surface area contributed by atoms with Crippen LogP contribution in [0.4, 0.5) is 0 Å². The summed E-state index contributed by atoms with van der Waals surface area (Å²) >= 11 is 0. The maximum atomic E-state index is 11.3. The molecule has 0 radical (unpaired) electrons. The number of hydrogen-bond acceptors (Lipinski definition) is 3. The molecule has 0 unspecified atom stereocenters. The Morgan fingerprint density at radius 3 is 2.56 bits per heavy atom. The van der Waals surface area contributed by atoms with Gasteiger partial charge in [0, 0.05) is 11.6 Å². The van der Waals surface area contributed by atoms with Crippen molar-refractivity contribution in [2.24, 2.45) is 0 Å². The summed E-state index contributed by atoms with van der Waals surface area (Å²) in [5, 5.41) is 18.6. The van der Waals surface area contributed by atoms with Crippen LogP contribution in [0.3, 0.4) is 0 Å². The molecule has 1 aliphatic rings. The zero-order chi connectivity index (χ0) is 11.8. The number of hydrogen-bond donors (Lipinski definition) is 2. The fraction of sp³-hybridized carbons (Fsp3) is 0.417. The number of aliphatic carboxylic acids is 1. The van der Waals surface area contributed by atoms with E-state index < -0.39 is 11.4 Å². The maximum Gasteiger partial charge on any atom is 0.314 e. The summed E-state index contributed by atoms with van der Waals surface area (Å²) in [7, 11) is 1.48. The molecule has 0 atom stereocenters. The molecule has 2 N–H and O–H groups in total. The van der Waals surface area contributed by atoms with Gasteiger partial charge in [0.2, 0.25) is 0 Å². The van der Waals surface area contributed by atoms with E-state index in [-0.39, 0.29) is 5.75 Å². The first-order valence-corrected chi connectivity index (χ1v) is 5.21. The molecule has 1 fully saturated rings. The Kier molecular flexibility index (Phi) is 2.50. The summed E-state index contributed by atoms with van der Waals surface area (Å²) in [6.07, 6.45) is 2.17. The van der Waals surface area contributed by atoms with E-state index in [9.17, 15) is 15.0 Å². The summed E-state index contributed by atoms with van der Waals surface area (Å²) in [4.78, 5) is 11.3. The summed E-state index contributed by atoms with van der Waals surface area (Å²) in [5.41, 5.74) is -0.162. The first-order valence-electron chi connectivity index (χ1n) is 5.21. The van der Waals surface area contributed by atoms with E-state index in [4.69, 9.17) is 4.74 Å². The number of carboxylic acids is 1. The highest BCUT2D eigenvalue weighted by atomic mass is 16.5. The van der Waals surface area contributed by atoms with E-state index >= 15 is 0 Å². The van der Waals surface area contributed by atoms with Gasteiger partial charge in [-0.05, 0) is 18.9 Å². The number of methoxy groups -OCH3 is 1. The molecular weight excluding hydrogens is 208 g/mol. The number of phenols is 1. The van der Waals surface area contributed by atoms with Crippen molar-refractivity contribution in [2.45, 2.75) is 24.7 Å². The van der Waals surface area contributed by atoms with Gasteiger partial charge in [0.15, 0.2) is 0 Å². The second-order valence-corrected chi connectivity index (χ2v) is 4.13. The van der Waals surface area contributed by atoms with Gasteiger partial charge in [0.25, 0.3) is 0 Å². The van der Waals surface area contributed by atoms with E-state index in [1.165, 1.54) is 19.2 Å². The van der Waals surface area contributed by atoms with Crippen molar-refractivity contribution in [3.63, 3.8) is 0 Å². The quantitative estimate of drug-likeness (QED) is 0.819. The van der Waals surface area contributed by atoms with E-state index in [1.54, 1.807) is 6.07 Å². The number of carbonyl (C=O) groups is 1. The number of benzene rings is 1. The molecule has 0 heterocycles. The highest BCUT2D eigenvalue weighted by molar-refractivity contribution is 5.83. The van der Waals surface area contributed by atoms with Crippen LogP contribution in [-0.2, 0) is 10.2 Å². The Morgan fingerprint density at radius 1 is 1.44 bits per heavy atom. The Morgan fingerprint density at radius 2 is 2.12 bits per heavy atom. The topological polar surface area (TPSA) is 66.8 Å². The molecule has 0 spiro atoms. The molecule has 0 aromatic heterocycles. The Labute approximate surface area is 93.5 Å². The number of rotatable bonds is 3. The average Bonchev–Trinajstić information content (AvgIpc) is 2.17. The van der Waals surface area contributed by atoms with Gasteiger partial charge in [-0.2, -0.15) is 0 Å². The maximum absolute atomic E-state index is 11.3. The lowest BCUT2D eigenvalue weighted by molar-refractivity contribution is -0.147. The minimum atomic E-state index is -0.820. The van der Waals surface area contributed by atoms with E-state index in [1.807, 2.05) is 0 Å². The summed E-state index contributed by atoms with van der Waals surface area (Å²) in [6.45, 7) is 0. The van der Waals surface area contributed by atoms with Crippen molar-refractivity contribution in [1.29, 1.82) is 0 Å². The van der Waals surface area contributed by atoms with Crippen LogP contribution in [0, 0.1) is 0 Å². The first-order chi connectivity index (χ1) is 7.60. The predicted octanol–water partition coefficient (Wildman–Crippen LogP) is 1.91. The average molecular weight is 222 g/mol. The zero-order valence-corrected chi connectivity index (χ0v) is 9.06. The van der Waals surface area contributed by atoms with Gasteiger partial charge in [0.05, 0.1) is 12.5 Å². The molecule has 0 bridgehead atoms. The van der Waals surface area contributed by atoms with Crippen molar-refractivity contribution in [3.8, 4) is 11.5 Å². The molecule has 1 aliphatic carbocycles. The van der Waals surface area contributed by atoms with Crippen LogP contribution in [0.25, 0.3) is 0 Å². The molecule has 86 valence electrons. The van der Waals surface area contributed by atoms with Crippen LogP contribution < -0.4 is 4.74 Å². The summed E-state index contributed by atoms with van der Waals surface area (Å²) in [5.74, 6) is -0.287. The highest BCUT2D eigenvalue weighted by Crippen LogP contribution is 2.47. The molecular formula is C12H14O4. The van der Waals surface area contributed by atoms with Gasteiger partial charge in [-0.1, -0.05) is 12.5 Å². The van der Waals surface area contributed by atoms with Crippen molar-refractivity contribution in [3.05, 3.63) is 23.8 Å². The molecule has 0 saturated heterocycles. The third-order valence-electron chi connectivity index (χ3n) is 3.32. The number of aromatic hydroxyl groups is 1. The number of carboxylic acid groups (broad SMARTS) is 1. The standard InChI is InChI=1S/C12H14O4/c1-16-10-7-8(13)3-4-9(10)12(11(14)15)5-2-6-12/h3-4,7,13H,2,5-6H2,1H3,(H,14,15). The SMILES string of the molecule is COc1cc(O)ccc1C1(C(=O)O)CCC1. The second kappa shape index (κ2) is 3.70. The first kappa shape index (κ1) is 10.8. The Bertz CT molecular complexity index is 421. The molecule has 1 aromatic rings. The second-order valence-electron chi connectivity index (χ2n) is 4.13. The van der Waals surface area contributed by atoms with Crippen molar-refractivity contribution in [1.82, 2.24) is 0 Å². The van der Waals surface area contributed by atoms with Crippen LogP contribution in [0.15, 0.2) is 18.2 Å². The van der Waals surface area contributed by atoms with Crippen LogP contribution >= 0.6 is 0 Å². The fourth-order valence-electron chi connectivity index (χ4n) is 2.20. The number of ether oxygens (including phenoxy) is 1. The third-order valence-corrected chi connectivity index (χ3v) is 3.32. The molecule has 0 amide bonds. The Balaban J connectivity index is 2.50. The van der Waals surface area contributed by atoms with E-state index in [0.717, 1.165) is 6.42 Å². The molecule has 4 nitrogen and oxygen atoms in total. The molecule has 16 heavy (non-hydrogen) atoms. The van der Waals surface area contributed by atoms with Gasteiger partial charge in [0.1, 0.15) is 11.5 Å². The normalized spacial score (nSPS) is 17.6. The lowest BCUT2D eigenvalue weighted by Crippen LogP contribution is -2.42. The van der Waals surface area contributed by atoms with Crippen molar-refractivity contribution in [2.75, 3.05) is 7.11 Å². The largest absolute Gasteiger partial charge is 0.508 e. The van der Waals surface area contributed by atoms with Gasteiger partial charge in [-0.15, -0.1) is 0 Å².